The normalized spacial score (nSPS) is 19.6. The van der Waals surface area contributed by atoms with E-state index < -0.39 is 0 Å². The van der Waals surface area contributed by atoms with Crippen LogP contribution in [-0.4, -0.2) is 30.7 Å². The van der Waals surface area contributed by atoms with Crippen molar-refractivity contribution in [3.63, 3.8) is 0 Å². The van der Waals surface area contributed by atoms with Gasteiger partial charge in [-0.15, -0.1) is 0 Å². The van der Waals surface area contributed by atoms with Crippen LogP contribution in [0, 0.1) is 0 Å². The third-order valence-electron chi connectivity index (χ3n) is 3.44. The first-order valence-electron chi connectivity index (χ1n) is 6.57. The highest BCUT2D eigenvalue weighted by Gasteiger charge is 2.19. The van der Waals surface area contributed by atoms with Gasteiger partial charge in [-0.05, 0) is 46.9 Å². The molecular formula is C14H21BrN2O. The lowest BCUT2D eigenvalue weighted by molar-refractivity contribution is 0.0724. The molecule has 0 radical (unpaired) electrons. The number of nitrogens with two attached hydrogens (primary N) is 1. The van der Waals surface area contributed by atoms with Gasteiger partial charge in [0, 0.05) is 29.9 Å². The number of ether oxygens (including phenoxy) is 1. The molecule has 1 aliphatic heterocycles. The fraction of sp³-hybridized carbons (Fsp3) is 0.571. The molecule has 0 aliphatic carbocycles. The molecule has 0 aromatic heterocycles. The van der Waals surface area contributed by atoms with Crippen molar-refractivity contribution < 1.29 is 4.74 Å². The molecule has 1 aromatic rings. The molecule has 1 unspecified atom stereocenters. The lowest BCUT2D eigenvalue weighted by atomic mass is 10.1. The molecule has 0 bridgehead atoms. The zero-order valence-corrected chi connectivity index (χ0v) is 12.4. The number of hydrogen-bond acceptors (Lipinski definition) is 3. The number of halogens is 1. The average molecular weight is 313 g/mol. The van der Waals surface area contributed by atoms with Crippen molar-refractivity contribution in [2.75, 3.05) is 25.4 Å². The van der Waals surface area contributed by atoms with Crippen molar-refractivity contribution in [1.82, 2.24) is 4.90 Å². The molecule has 2 rings (SSSR count). The molecule has 1 fully saturated rings. The minimum Gasteiger partial charge on any atom is -0.398 e. The van der Waals surface area contributed by atoms with Crippen LogP contribution in [0.2, 0.25) is 0 Å². The number of nitrogen functional groups attached to an aromatic ring is 1. The molecule has 2 N–H and O–H groups in total. The van der Waals surface area contributed by atoms with Gasteiger partial charge in [-0.3, -0.25) is 4.90 Å². The number of rotatable bonds is 5. The molecule has 4 heteroatoms. The van der Waals surface area contributed by atoms with Gasteiger partial charge >= 0.3 is 0 Å². The second-order valence-corrected chi connectivity index (χ2v) is 5.58. The van der Waals surface area contributed by atoms with Crippen LogP contribution < -0.4 is 5.73 Å². The van der Waals surface area contributed by atoms with Gasteiger partial charge in [0.2, 0.25) is 0 Å². The summed E-state index contributed by atoms with van der Waals surface area (Å²) in [6, 6.07) is 6.05. The summed E-state index contributed by atoms with van der Waals surface area (Å²) in [7, 11) is 0. The fourth-order valence-corrected chi connectivity index (χ4v) is 2.73. The van der Waals surface area contributed by atoms with Crippen LogP contribution in [0.4, 0.5) is 5.69 Å². The van der Waals surface area contributed by atoms with Crippen molar-refractivity contribution in [2.24, 2.45) is 0 Å². The van der Waals surface area contributed by atoms with Gasteiger partial charge in [-0.25, -0.2) is 0 Å². The van der Waals surface area contributed by atoms with Crippen molar-refractivity contribution in [3.05, 3.63) is 28.2 Å². The van der Waals surface area contributed by atoms with Gasteiger partial charge < -0.3 is 10.5 Å². The Morgan fingerprint density at radius 3 is 3.00 bits per heavy atom. The summed E-state index contributed by atoms with van der Waals surface area (Å²) in [6.45, 7) is 6.07. The van der Waals surface area contributed by atoms with E-state index in [1.807, 2.05) is 12.1 Å². The maximum atomic E-state index is 5.91. The minimum atomic E-state index is 0.407. The predicted molar refractivity (Wildman–Crippen MR) is 78.5 cm³/mol. The Morgan fingerprint density at radius 2 is 2.33 bits per heavy atom. The van der Waals surface area contributed by atoms with Crippen molar-refractivity contribution >= 4 is 21.6 Å². The maximum absolute atomic E-state index is 5.91. The van der Waals surface area contributed by atoms with E-state index in [0.29, 0.717) is 6.10 Å². The van der Waals surface area contributed by atoms with E-state index >= 15 is 0 Å². The van der Waals surface area contributed by atoms with Gasteiger partial charge in [0.05, 0.1) is 6.10 Å². The highest BCUT2D eigenvalue weighted by molar-refractivity contribution is 9.10. The van der Waals surface area contributed by atoms with E-state index in [1.165, 1.54) is 18.4 Å². The second kappa shape index (κ2) is 6.55. The van der Waals surface area contributed by atoms with Crippen molar-refractivity contribution in [3.8, 4) is 0 Å². The Bertz CT molecular complexity index is 391. The Morgan fingerprint density at radius 1 is 1.50 bits per heavy atom. The fourth-order valence-electron chi connectivity index (χ4n) is 2.34. The Balaban J connectivity index is 1.98. The van der Waals surface area contributed by atoms with Crippen LogP contribution in [-0.2, 0) is 11.3 Å². The summed E-state index contributed by atoms with van der Waals surface area (Å²) in [5, 5.41) is 0. The van der Waals surface area contributed by atoms with Crippen LogP contribution >= 0.6 is 15.9 Å². The van der Waals surface area contributed by atoms with Gasteiger partial charge in [0.25, 0.3) is 0 Å². The highest BCUT2D eigenvalue weighted by atomic mass is 79.9. The Hall–Kier alpha value is -0.580. The van der Waals surface area contributed by atoms with Gasteiger partial charge in [-0.1, -0.05) is 19.1 Å². The molecule has 1 heterocycles. The van der Waals surface area contributed by atoms with Crippen molar-refractivity contribution in [1.29, 1.82) is 0 Å². The number of hydrogen-bond donors (Lipinski definition) is 1. The SMILES string of the molecule is CCN(Cc1cccc(N)c1Br)CC1CCCO1. The van der Waals surface area contributed by atoms with Gasteiger partial charge in [0.1, 0.15) is 0 Å². The first-order valence-corrected chi connectivity index (χ1v) is 7.36. The molecule has 0 spiro atoms. The molecule has 1 atom stereocenters. The molecule has 0 saturated carbocycles. The first kappa shape index (κ1) is 13.8. The predicted octanol–water partition coefficient (Wildman–Crippen LogP) is 3.03. The van der Waals surface area contributed by atoms with Crippen LogP contribution in [0.15, 0.2) is 22.7 Å². The molecule has 0 amide bonds. The van der Waals surface area contributed by atoms with E-state index in [0.717, 1.165) is 36.4 Å². The van der Waals surface area contributed by atoms with Crippen LogP contribution in [0.1, 0.15) is 25.3 Å². The monoisotopic (exact) mass is 312 g/mol. The summed E-state index contributed by atoms with van der Waals surface area (Å²) < 4.78 is 6.72. The molecule has 1 saturated heterocycles. The third-order valence-corrected chi connectivity index (χ3v) is 4.40. The second-order valence-electron chi connectivity index (χ2n) is 4.78. The van der Waals surface area contributed by atoms with Crippen LogP contribution in [0.5, 0.6) is 0 Å². The van der Waals surface area contributed by atoms with Gasteiger partial charge in [0.15, 0.2) is 0 Å². The topological polar surface area (TPSA) is 38.5 Å². The van der Waals surface area contributed by atoms with E-state index in [1.54, 1.807) is 0 Å². The quantitative estimate of drug-likeness (QED) is 0.849. The zero-order chi connectivity index (χ0) is 13.0. The van der Waals surface area contributed by atoms with Crippen LogP contribution in [0.3, 0.4) is 0 Å². The maximum Gasteiger partial charge on any atom is 0.0702 e. The largest absolute Gasteiger partial charge is 0.398 e. The summed E-state index contributed by atoms with van der Waals surface area (Å²) in [5.74, 6) is 0. The lowest BCUT2D eigenvalue weighted by Crippen LogP contribution is -2.31. The standard InChI is InChI=1S/C14H21BrN2O/c1-2-17(10-12-6-4-8-18-12)9-11-5-3-7-13(16)14(11)15/h3,5,7,12H,2,4,6,8-10,16H2,1H3. The molecule has 1 aliphatic rings. The number of nitrogens with zero attached hydrogens (tertiary/aromatic N) is 1. The Labute approximate surface area is 117 Å². The molecule has 100 valence electrons. The van der Waals surface area contributed by atoms with E-state index in [-0.39, 0.29) is 0 Å². The summed E-state index contributed by atoms with van der Waals surface area (Å²) in [4.78, 5) is 2.41. The number of anilines is 1. The average Bonchev–Trinajstić information content (AvgIpc) is 2.86. The number of benzene rings is 1. The van der Waals surface area contributed by atoms with Crippen molar-refractivity contribution in [2.45, 2.75) is 32.4 Å². The molecule has 18 heavy (non-hydrogen) atoms. The lowest BCUT2D eigenvalue weighted by Gasteiger charge is -2.24. The van der Waals surface area contributed by atoms with E-state index in [2.05, 4.69) is 33.8 Å². The molecule has 1 aromatic carbocycles. The summed E-state index contributed by atoms with van der Waals surface area (Å²) in [6.07, 6.45) is 2.79. The molecule has 3 nitrogen and oxygen atoms in total. The van der Waals surface area contributed by atoms with Crippen LogP contribution in [0.25, 0.3) is 0 Å². The smallest absolute Gasteiger partial charge is 0.0702 e. The van der Waals surface area contributed by atoms with E-state index in [4.69, 9.17) is 10.5 Å². The zero-order valence-electron chi connectivity index (χ0n) is 10.9. The third kappa shape index (κ3) is 3.46. The summed E-state index contributed by atoms with van der Waals surface area (Å²) in [5.41, 5.74) is 7.96. The minimum absolute atomic E-state index is 0.407. The Kier molecular flexibility index (Phi) is 5.03. The van der Waals surface area contributed by atoms with Gasteiger partial charge in [-0.2, -0.15) is 0 Å². The first-order chi connectivity index (χ1) is 8.70. The molecular weight excluding hydrogens is 292 g/mol. The van der Waals surface area contributed by atoms with E-state index in [9.17, 15) is 0 Å². The summed E-state index contributed by atoms with van der Waals surface area (Å²) >= 11 is 3.57. The number of likely N-dealkylation sites (N-methyl/N-ethyl adjacent to an activating group) is 1. The highest BCUT2D eigenvalue weighted by Crippen LogP contribution is 2.25.